The Morgan fingerprint density at radius 3 is 1.69 bits per heavy atom. The second-order valence-corrected chi connectivity index (χ2v) is 17.3. The average Bonchev–Trinajstić information content (AvgIpc) is 3.03. The van der Waals surface area contributed by atoms with Crippen molar-refractivity contribution in [2.45, 2.75) is 184 Å². The van der Waals surface area contributed by atoms with E-state index in [-0.39, 0.29) is 18.3 Å². The number of carbonyl (C=O) groups excluding carboxylic acids is 7. The third-order valence-corrected chi connectivity index (χ3v) is 8.47. The Kier molecular flexibility index (Phi) is 22.2. The van der Waals surface area contributed by atoms with Crippen molar-refractivity contribution in [3.05, 3.63) is 0 Å². The van der Waals surface area contributed by atoms with E-state index in [4.69, 9.17) is 14.2 Å². The summed E-state index contributed by atoms with van der Waals surface area (Å²) in [7, 11) is 0. The Morgan fingerprint density at radius 2 is 1.18 bits per heavy atom. The summed E-state index contributed by atoms with van der Waals surface area (Å²) in [5.41, 5.74) is -1.51. The lowest BCUT2D eigenvalue weighted by Crippen LogP contribution is -2.58. The van der Waals surface area contributed by atoms with Crippen molar-refractivity contribution < 1.29 is 47.8 Å². The highest BCUT2D eigenvalue weighted by Crippen LogP contribution is 2.24. The minimum absolute atomic E-state index is 0.00350. The van der Waals surface area contributed by atoms with Crippen LogP contribution in [0.1, 0.15) is 142 Å². The molecule has 0 aliphatic rings. The number of esters is 2. The zero-order valence-electron chi connectivity index (χ0n) is 36.2. The second-order valence-electron chi connectivity index (χ2n) is 17.3. The van der Waals surface area contributed by atoms with Crippen molar-refractivity contribution in [2.24, 2.45) is 23.7 Å². The Bertz CT molecular complexity index is 1270. The van der Waals surface area contributed by atoms with Gasteiger partial charge in [0.15, 0.2) is 0 Å². The highest BCUT2D eigenvalue weighted by Gasteiger charge is 2.35. The first-order valence-electron chi connectivity index (χ1n) is 19.8. The number of alkyl carbamates (subject to hydrolysis) is 1. The van der Waals surface area contributed by atoms with Gasteiger partial charge in [-0.1, -0.05) is 74.1 Å². The molecule has 0 aromatic rings. The third-order valence-electron chi connectivity index (χ3n) is 8.47. The smallest absolute Gasteiger partial charge is 0.408 e. The zero-order valence-corrected chi connectivity index (χ0v) is 36.2. The van der Waals surface area contributed by atoms with Crippen LogP contribution < -0.4 is 26.6 Å². The largest absolute Gasteiger partial charge is 0.460 e. The number of ether oxygens (including phenoxy) is 3. The molecule has 0 heterocycles. The first kappa shape index (κ1) is 51.1. The minimum Gasteiger partial charge on any atom is -0.460 e. The van der Waals surface area contributed by atoms with Crippen molar-refractivity contribution in [1.82, 2.24) is 26.6 Å². The maximum absolute atomic E-state index is 13.5. The molecule has 0 spiro atoms. The molecule has 55 heavy (non-hydrogen) atoms. The molecule has 0 fully saturated rings. The van der Waals surface area contributed by atoms with Crippen molar-refractivity contribution in [3.63, 3.8) is 0 Å². The quantitative estimate of drug-likeness (QED) is 0.0582. The van der Waals surface area contributed by atoms with Crippen LogP contribution in [0.2, 0.25) is 0 Å². The number of hydrogen-bond donors (Lipinski definition) is 5. The molecule has 0 unspecified atom stereocenters. The van der Waals surface area contributed by atoms with Gasteiger partial charge in [-0.2, -0.15) is 0 Å². The van der Waals surface area contributed by atoms with Crippen molar-refractivity contribution in [1.29, 1.82) is 0 Å². The van der Waals surface area contributed by atoms with Crippen LogP contribution in [-0.4, -0.2) is 89.7 Å². The van der Waals surface area contributed by atoms with Crippen LogP contribution >= 0.6 is 0 Å². The summed E-state index contributed by atoms with van der Waals surface area (Å²) in [5.74, 6) is -5.19. The van der Waals surface area contributed by atoms with E-state index < -0.39 is 102 Å². The van der Waals surface area contributed by atoms with Crippen LogP contribution in [0.15, 0.2) is 0 Å². The summed E-state index contributed by atoms with van der Waals surface area (Å²) >= 11 is 0. The molecule has 5 N–H and O–H groups in total. The van der Waals surface area contributed by atoms with Crippen LogP contribution in [0.4, 0.5) is 4.79 Å². The number of rotatable bonds is 22. The van der Waals surface area contributed by atoms with Gasteiger partial charge in [-0.25, -0.2) is 14.4 Å². The minimum atomic E-state index is -1.05. The number of amides is 5. The highest BCUT2D eigenvalue weighted by molar-refractivity contribution is 5.94. The van der Waals surface area contributed by atoms with Crippen LogP contribution in [-0.2, 0) is 43.0 Å². The van der Waals surface area contributed by atoms with Crippen LogP contribution in [0.3, 0.4) is 0 Å². The molecule has 0 radical (unpaired) electrons. The third kappa shape index (κ3) is 21.7. The lowest BCUT2D eigenvalue weighted by atomic mass is 9.88. The summed E-state index contributed by atoms with van der Waals surface area (Å²) < 4.78 is 16.4. The van der Waals surface area contributed by atoms with E-state index in [0.29, 0.717) is 6.42 Å². The molecule has 0 aliphatic heterocycles. The van der Waals surface area contributed by atoms with E-state index in [1.165, 1.54) is 13.8 Å². The molecule has 318 valence electrons. The molecule has 0 saturated carbocycles. The van der Waals surface area contributed by atoms with E-state index in [1.54, 1.807) is 62.3 Å². The number of unbranched alkanes of at least 4 members (excludes halogenated alkanes) is 3. The predicted molar refractivity (Wildman–Crippen MR) is 210 cm³/mol. The molecule has 0 aromatic heterocycles. The van der Waals surface area contributed by atoms with Gasteiger partial charge in [0.2, 0.25) is 23.6 Å². The van der Waals surface area contributed by atoms with Gasteiger partial charge in [-0.3, -0.25) is 19.2 Å². The molecule has 0 aromatic carbocycles. The fourth-order valence-corrected chi connectivity index (χ4v) is 5.51. The van der Waals surface area contributed by atoms with Gasteiger partial charge in [-0.05, 0) is 86.0 Å². The Hall–Kier alpha value is -3.91. The maximum Gasteiger partial charge on any atom is 0.408 e. The monoisotopic (exact) mass is 784 g/mol. The SMILES string of the molecule is CCCCCC[C@H](C)[C@@H](OC(=O)[C@H](C)NC(=O)OC(C)(C)C)[C@@H](C)C(=O)NCC(=O)N[C@H](C(=O)N[C@@H](CC(C)C)C(=O)N[C@@H](C)C(=O)OC(C)(C)C)C(C)C. The maximum atomic E-state index is 13.5. The van der Waals surface area contributed by atoms with Crippen molar-refractivity contribution in [3.8, 4) is 0 Å². The van der Waals surface area contributed by atoms with Gasteiger partial charge in [-0.15, -0.1) is 0 Å². The van der Waals surface area contributed by atoms with Crippen molar-refractivity contribution in [2.75, 3.05) is 6.54 Å². The Balaban J connectivity index is 5.73. The molecule has 0 rings (SSSR count). The number of nitrogens with one attached hydrogen (secondary N) is 5. The Labute approximate surface area is 329 Å². The number of carbonyl (C=O) groups is 7. The molecule has 5 amide bonds. The summed E-state index contributed by atoms with van der Waals surface area (Å²) in [6.45, 7) is 25.6. The van der Waals surface area contributed by atoms with Gasteiger partial charge in [0.25, 0.3) is 0 Å². The lowest BCUT2D eigenvalue weighted by Gasteiger charge is -2.30. The number of hydrogen-bond acceptors (Lipinski definition) is 10. The van der Waals surface area contributed by atoms with Gasteiger partial charge >= 0.3 is 18.0 Å². The van der Waals surface area contributed by atoms with Gasteiger partial charge in [0, 0.05) is 0 Å². The Morgan fingerprint density at radius 1 is 0.618 bits per heavy atom. The van der Waals surface area contributed by atoms with E-state index in [1.807, 2.05) is 20.8 Å². The van der Waals surface area contributed by atoms with Gasteiger partial charge in [0.1, 0.15) is 41.5 Å². The van der Waals surface area contributed by atoms with Crippen LogP contribution in [0, 0.1) is 23.7 Å². The molecule has 15 heteroatoms. The molecule has 0 saturated heterocycles. The first-order chi connectivity index (χ1) is 25.2. The van der Waals surface area contributed by atoms with E-state index in [0.717, 1.165) is 25.7 Å². The van der Waals surface area contributed by atoms with Crippen LogP contribution in [0.5, 0.6) is 0 Å². The molecule has 0 aliphatic carbocycles. The van der Waals surface area contributed by atoms with Gasteiger partial charge in [0.05, 0.1) is 12.5 Å². The highest BCUT2D eigenvalue weighted by atomic mass is 16.6. The zero-order chi connectivity index (χ0) is 42.8. The fourth-order valence-electron chi connectivity index (χ4n) is 5.51. The molecule has 0 bridgehead atoms. The molecular formula is C40H73N5O10. The summed E-state index contributed by atoms with van der Waals surface area (Å²) in [6.07, 6.45) is 3.25. The molecular weight excluding hydrogens is 710 g/mol. The predicted octanol–water partition coefficient (Wildman–Crippen LogP) is 4.69. The van der Waals surface area contributed by atoms with Gasteiger partial charge < -0.3 is 40.8 Å². The molecule has 15 nitrogen and oxygen atoms in total. The summed E-state index contributed by atoms with van der Waals surface area (Å²) in [5, 5.41) is 13.1. The second kappa shape index (κ2) is 23.9. The fraction of sp³-hybridized carbons (Fsp3) is 0.825. The normalized spacial score (nSPS) is 15.7. The summed E-state index contributed by atoms with van der Waals surface area (Å²) in [4.78, 5) is 91.1. The topological polar surface area (TPSA) is 207 Å². The first-order valence-corrected chi connectivity index (χ1v) is 19.8. The summed E-state index contributed by atoms with van der Waals surface area (Å²) in [6, 6.07) is -4.07. The molecule has 7 atom stereocenters. The van der Waals surface area contributed by atoms with Crippen LogP contribution in [0.25, 0.3) is 0 Å². The van der Waals surface area contributed by atoms with E-state index in [9.17, 15) is 33.6 Å². The van der Waals surface area contributed by atoms with Crippen molar-refractivity contribution >= 4 is 41.7 Å². The standard InChI is InChI=1S/C40H73N5O10/c1-16-17-18-19-20-25(6)32(53-36(50)27(8)43-38(52)55-40(13,14)15)26(7)33(47)41-22-30(46)45-31(24(4)5)35(49)44-29(21-23(2)3)34(48)42-28(9)37(51)54-39(10,11)12/h23-29,31-32H,16-22H2,1-15H3,(H,41,47)(H,42,48)(H,43,52)(H,44,49)(H,45,46)/t25-,26+,27-,28-,29-,31-,32+/m0/s1. The van der Waals surface area contributed by atoms with E-state index >= 15 is 0 Å². The lowest BCUT2D eigenvalue weighted by molar-refractivity contribution is -0.159. The van der Waals surface area contributed by atoms with E-state index in [2.05, 4.69) is 33.5 Å². The average molecular weight is 784 g/mol.